The van der Waals surface area contributed by atoms with E-state index in [1.807, 2.05) is 0 Å². The van der Waals surface area contributed by atoms with Gasteiger partial charge >= 0.3 is 0 Å². The van der Waals surface area contributed by atoms with Crippen LogP contribution in [0.2, 0.25) is 0 Å². The molecule has 2 unspecified atom stereocenters. The maximum absolute atomic E-state index is 12.8. The monoisotopic (exact) mass is 1130 g/mol. The predicted octanol–water partition coefficient (Wildman–Crippen LogP) is 13.0. The molecule has 4 aromatic rings. The van der Waals surface area contributed by atoms with Gasteiger partial charge in [0.05, 0.1) is 66.1 Å². The van der Waals surface area contributed by atoms with E-state index >= 15 is 0 Å². The summed E-state index contributed by atoms with van der Waals surface area (Å²) in [6, 6.07) is 8.93. The van der Waals surface area contributed by atoms with Crippen molar-refractivity contribution >= 4 is 0 Å². The zero-order valence-corrected chi connectivity index (χ0v) is 48.3. The molecule has 0 fully saturated rings. The van der Waals surface area contributed by atoms with Crippen LogP contribution >= 0.6 is 0 Å². The van der Waals surface area contributed by atoms with Crippen molar-refractivity contribution < 1.29 is 81.3 Å². The molecule has 5 heterocycles. The normalized spacial score (nSPS) is 20.9. The molecule has 0 saturated carbocycles. The highest BCUT2D eigenvalue weighted by atomic mass is 16.7. The first-order chi connectivity index (χ1) is 40.0. The SMILES string of the molecule is CCCCCC1c2cc3c4c(O)c2OCOc2c1cc1c(c2O)OCOc2c(cc5c6c2OCCOCCOCCOCCOCCOCCOc2c(c(cc(c2OCO6)C5CCCCC)C3CCCCC)OCO4)C1CCCCC. The fourth-order valence-corrected chi connectivity index (χ4v) is 12.5. The maximum atomic E-state index is 12.8. The zero-order valence-electron chi connectivity index (χ0n) is 48.3. The minimum absolute atomic E-state index is 0.120. The third kappa shape index (κ3) is 13.1. The minimum Gasteiger partial charge on any atom is -0.502 e. The summed E-state index contributed by atoms with van der Waals surface area (Å²) in [5, 5.41) is 25.7. The lowest BCUT2D eigenvalue weighted by molar-refractivity contribution is -0.0146. The molecule has 81 heavy (non-hydrogen) atoms. The maximum Gasteiger partial charge on any atom is 0.231 e. The summed E-state index contributed by atoms with van der Waals surface area (Å²) in [5.41, 5.74) is 6.77. The Labute approximate surface area is 477 Å². The number of hydrogen-bond acceptors (Lipinski definition) is 17. The Kier molecular flexibility index (Phi) is 20.9. The number of aromatic hydroxyl groups is 2. The average molecular weight is 1130 g/mol. The van der Waals surface area contributed by atoms with Crippen LogP contribution in [0.3, 0.4) is 0 Å². The molecule has 2 N–H and O–H groups in total. The first-order valence-corrected chi connectivity index (χ1v) is 30.3. The van der Waals surface area contributed by atoms with E-state index in [4.69, 9.17) is 71.1 Å². The van der Waals surface area contributed by atoms with Gasteiger partial charge in [0.1, 0.15) is 13.2 Å². The Morgan fingerprint density at radius 2 is 0.481 bits per heavy atom. The van der Waals surface area contributed by atoms with E-state index in [0.717, 1.165) is 122 Å². The summed E-state index contributed by atoms with van der Waals surface area (Å²) in [4.78, 5) is 0. The quantitative estimate of drug-likeness (QED) is 0.101. The van der Waals surface area contributed by atoms with Crippen molar-refractivity contribution in [3.8, 4) is 69.0 Å². The lowest BCUT2D eigenvalue weighted by atomic mass is 9.75. The van der Waals surface area contributed by atoms with E-state index in [0.29, 0.717) is 125 Å². The van der Waals surface area contributed by atoms with Gasteiger partial charge in [-0.05, 0) is 49.9 Å². The molecule has 6 aliphatic rings. The molecule has 17 heteroatoms. The van der Waals surface area contributed by atoms with Crippen LogP contribution in [0.4, 0.5) is 0 Å². The second-order valence-electron chi connectivity index (χ2n) is 21.8. The Hall–Kier alpha value is -5.72. The molecule has 4 aromatic carbocycles. The third-order valence-electron chi connectivity index (χ3n) is 16.5. The van der Waals surface area contributed by atoms with Gasteiger partial charge in [-0.3, -0.25) is 0 Å². The second kappa shape index (κ2) is 29.0. The van der Waals surface area contributed by atoms with Gasteiger partial charge in [0, 0.05) is 68.2 Å². The summed E-state index contributed by atoms with van der Waals surface area (Å²) in [5.74, 6) is 2.24. The molecule has 0 amide bonds. The lowest BCUT2D eigenvalue weighted by Gasteiger charge is -2.36. The number of unbranched alkanes of at least 4 members (excludes halogenated alkanes) is 8. The predicted molar refractivity (Wildman–Crippen MR) is 303 cm³/mol. The first kappa shape index (κ1) is 58.5. The van der Waals surface area contributed by atoms with Crippen LogP contribution in [-0.2, 0) is 23.7 Å². The fourth-order valence-electron chi connectivity index (χ4n) is 12.5. The second-order valence-corrected chi connectivity index (χ2v) is 21.8. The van der Waals surface area contributed by atoms with Crippen LogP contribution in [0.25, 0.3) is 0 Å². The van der Waals surface area contributed by atoms with Gasteiger partial charge in [0.15, 0.2) is 46.0 Å². The number of ether oxygens (including phenoxy) is 15. The number of hydrogen-bond donors (Lipinski definition) is 2. The van der Waals surface area contributed by atoms with Crippen LogP contribution in [-0.4, -0.2) is 117 Å². The number of fused-ring (bicyclic) bond motifs is 2. The Bertz CT molecular complexity index is 2540. The van der Waals surface area contributed by atoms with Crippen molar-refractivity contribution in [2.75, 3.05) is 106 Å². The summed E-state index contributed by atoms with van der Waals surface area (Å²) in [6.07, 6.45) is 14.1. The van der Waals surface area contributed by atoms with Crippen LogP contribution in [0.5, 0.6) is 69.0 Å². The molecule has 0 aromatic heterocycles. The number of rotatable bonds is 16. The average Bonchev–Trinajstić information content (AvgIpc) is 3.64. The van der Waals surface area contributed by atoms with Crippen molar-refractivity contribution in [1.82, 2.24) is 0 Å². The van der Waals surface area contributed by atoms with Crippen LogP contribution in [0.15, 0.2) is 24.3 Å². The topological polar surface area (TPSA) is 179 Å². The van der Waals surface area contributed by atoms with Crippen molar-refractivity contribution in [3.05, 3.63) is 68.8 Å². The Morgan fingerprint density at radius 3 is 0.716 bits per heavy atom. The Morgan fingerprint density at radius 1 is 0.272 bits per heavy atom. The van der Waals surface area contributed by atoms with E-state index in [-0.39, 0.29) is 94.4 Å². The number of phenolic OH excluding ortho intramolecular Hbond substituents is 2. The molecule has 17 nitrogen and oxygen atoms in total. The van der Waals surface area contributed by atoms with Gasteiger partial charge in [-0.15, -0.1) is 0 Å². The van der Waals surface area contributed by atoms with Crippen molar-refractivity contribution in [2.24, 2.45) is 0 Å². The van der Waals surface area contributed by atoms with Crippen molar-refractivity contribution in [1.29, 1.82) is 0 Å². The van der Waals surface area contributed by atoms with Gasteiger partial charge < -0.3 is 81.3 Å². The van der Waals surface area contributed by atoms with E-state index in [9.17, 15) is 10.2 Å². The largest absolute Gasteiger partial charge is 0.502 e. The first-order valence-electron chi connectivity index (χ1n) is 30.3. The fraction of sp³-hybridized carbons (Fsp3) is 0.625. The molecule has 2 atom stereocenters. The van der Waals surface area contributed by atoms with E-state index in [1.54, 1.807) is 0 Å². The van der Waals surface area contributed by atoms with Crippen LogP contribution in [0.1, 0.15) is 199 Å². The van der Waals surface area contributed by atoms with Gasteiger partial charge in [-0.25, -0.2) is 0 Å². The van der Waals surface area contributed by atoms with E-state index in [2.05, 4.69) is 52.0 Å². The Balaban J connectivity index is 1.29. The van der Waals surface area contributed by atoms with Crippen molar-refractivity contribution in [3.63, 3.8) is 0 Å². The molecule has 12 bridgehead atoms. The van der Waals surface area contributed by atoms with Gasteiger partial charge in [0.2, 0.25) is 50.2 Å². The summed E-state index contributed by atoms with van der Waals surface area (Å²) in [6.45, 7) is 11.9. The van der Waals surface area contributed by atoms with E-state index in [1.165, 1.54) is 0 Å². The molecule has 0 saturated heterocycles. The van der Waals surface area contributed by atoms with Crippen molar-refractivity contribution in [2.45, 2.75) is 154 Å². The molecular weight excluding hydrogens is 1040 g/mol. The summed E-state index contributed by atoms with van der Waals surface area (Å²) >= 11 is 0. The third-order valence-corrected chi connectivity index (χ3v) is 16.5. The molecule has 10 rings (SSSR count). The number of benzene rings is 4. The molecule has 0 radical (unpaired) electrons. The van der Waals surface area contributed by atoms with Gasteiger partial charge in [0.25, 0.3) is 0 Å². The van der Waals surface area contributed by atoms with Gasteiger partial charge in [-0.2, -0.15) is 0 Å². The minimum atomic E-state index is -0.409. The highest BCUT2D eigenvalue weighted by Crippen LogP contribution is 2.62. The summed E-state index contributed by atoms with van der Waals surface area (Å²) in [7, 11) is 0. The zero-order chi connectivity index (χ0) is 55.9. The molecule has 1 aliphatic carbocycles. The molecule has 5 aliphatic heterocycles. The smallest absolute Gasteiger partial charge is 0.231 e. The molecule has 0 spiro atoms. The summed E-state index contributed by atoms with van der Waals surface area (Å²) < 4.78 is 97.6. The van der Waals surface area contributed by atoms with Crippen LogP contribution in [0, 0.1) is 0 Å². The standard InChI is InChI=1S/C64H86O17/c1-5-9-13-17-41-45-33-47-42(18-14-10-6-2)49-35-51-44(20-16-12-8-4)52-36-50-43(19-15-11-7-3)48-34-46(41)56-54(66)58(48)77-39-79-60(50)64-62(52)81-40-80-61(51)63(59(49)78-38-76-57(47)53(65)55(45)74-37-75-56)72-31-29-70-27-25-68-23-21-67-22-24-69-26-28-71-30-32-73-64/h33-36,41-44,65-66H,5-32,37-40H2,1-4H3. The van der Waals surface area contributed by atoms with E-state index < -0.39 is 5.92 Å². The van der Waals surface area contributed by atoms with Gasteiger partial charge in [-0.1, -0.05) is 105 Å². The van der Waals surface area contributed by atoms with Crippen LogP contribution < -0.4 is 47.4 Å². The molecular formula is C64H86O17. The number of phenols is 2. The highest BCUT2D eigenvalue weighted by Gasteiger charge is 2.42. The highest BCUT2D eigenvalue weighted by molar-refractivity contribution is 5.73. The lowest BCUT2D eigenvalue weighted by Crippen LogP contribution is -2.24. The molecule has 444 valence electrons.